The molecule has 0 aromatic heterocycles. The Balaban J connectivity index is 2.37. The van der Waals surface area contributed by atoms with Crippen molar-refractivity contribution in [3.63, 3.8) is 0 Å². The van der Waals surface area contributed by atoms with Crippen LogP contribution in [-0.4, -0.2) is 26.3 Å². The second-order valence-corrected chi connectivity index (χ2v) is 8.31. The van der Waals surface area contributed by atoms with Crippen LogP contribution in [0.3, 0.4) is 0 Å². The summed E-state index contributed by atoms with van der Waals surface area (Å²) in [5.41, 5.74) is 0. The van der Waals surface area contributed by atoms with Crippen molar-refractivity contribution in [3.8, 4) is 0 Å². The van der Waals surface area contributed by atoms with Crippen LogP contribution in [0.5, 0.6) is 0 Å². The largest absolute Gasteiger partial charge is 0.313 e. The monoisotopic (exact) mass is 359 g/mol. The highest BCUT2D eigenvalue weighted by atomic mass is 79.9. The van der Waals surface area contributed by atoms with Gasteiger partial charge in [0.2, 0.25) is 0 Å². The Kier molecular flexibility index (Phi) is 5.64. The van der Waals surface area contributed by atoms with E-state index in [0.717, 1.165) is 38.6 Å². The minimum Gasteiger partial charge on any atom is -0.313 e. The Hall–Kier alpha value is -0.390. The molecule has 0 amide bonds. The van der Waals surface area contributed by atoms with E-state index in [4.69, 9.17) is 0 Å². The van der Waals surface area contributed by atoms with E-state index in [1.54, 1.807) is 18.2 Å². The maximum absolute atomic E-state index is 13.0. The summed E-state index contributed by atoms with van der Waals surface area (Å²) in [5, 5.41) is 3.06. The number of rotatable bonds is 4. The molecule has 0 saturated heterocycles. The van der Waals surface area contributed by atoms with Gasteiger partial charge in [-0.1, -0.05) is 38.3 Å². The highest BCUT2D eigenvalue weighted by Gasteiger charge is 2.35. The molecule has 0 radical (unpaired) electrons. The highest BCUT2D eigenvalue weighted by molar-refractivity contribution is 9.10. The van der Waals surface area contributed by atoms with Gasteiger partial charge in [0.05, 0.1) is 10.1 Å². The normalized spacial score (nSPS) is 24.3. The van der Waals surface area contributed by atoms with Crippen molar-refractivity contribution in [2.24, 2.45) is 0 Å². The lowest BCUT2D eigenvalue weighted by atomic mass is 10.1. The predicted molar refractivity (Wildman–Crippen MR) is 85.7 cm³/mol. The lowest BCUT2D eigenvalue weighted by Gasteiger charge is -2.26. The van der Waals surface area contributed by atoms with E-state index >= 15 is 0 Å². The Bertz CT molecular complexity index is 545. The molecule has 2 atom stereocenters. The average molecular weight is 360 g/mol. The lowest BCUT2D eigenvalue weighted by Crippen LogP contribution is -2.43. The van der Waals surface area contributed by atoms with E-state index in [2.05, 4.69) is 21.2 Å². The number of sulfone groups is 1. The summed E-state index contributed by atoms with van der Waals surface area (Å²) in [6.45, 7) is 2.85. The third-order valence-corrected chi connectivity index (χ3v) is 7.24. The van der Waals surface area contributed by atoms with Gasteiger partial charge >= 0.3 is 0 Å². The number of hydrogen-bond donors (Lipinski definition) is 1. The van der Waals surface area contributed by atoms with Crippen molar-refractivity contribution in [2.45, 2.75) is 55.2 Å². The number of benzene rings is 1. The van der Waals surface area contributed by atoms with Crippen LogP contribution < -0.4 is 5.32 Å². The number of halogens is 1. The summed E-state index contributed by atoms with van der Waals surface area (Å²) >= 11 is 3.38. The van der Waals surface area contributed by atoms with Crippen LogP contribution in [0.2, 0.25) is 0 Å². The standard InChI is InChI=1S/C15H22BrNO2S/c1-2-17-13-9-4-3-5-11-15(13)20(18,19)14-10-7-6-8-12(14)16/h6-8,10,13,15,17H,2-5,9,11H2,1H3. The van der Waals surface area contributed by atoms with E-state index in [1.807, 2.05) is 13.0 Å². The summed E-state index contributed by atoms with van der Waals surface area (Å²) in [6.07, 6.45) is 4.93. The molecule has 1 fully saturated rings. The highest BCUT2D eigenvalue weighted by Crippen LogP contribution is 2.31. The van der Waals surface area contributed by atoms with Gasteiger partial charge in [-0.15, -0.1) is 0 Å². The molecule has 112 valence electrons. The van der Waals surface area contributed by atoms with Crippen LogP contribution in [0.4, 0.5) is 0 Å². The Morgan fingerprint density at radius 1 is 1.20 bits per heavy atom. The third-order valence-electron chi connectivity index (χ3n) is 3.96. The summed E-state index contributed by atoms with van der Waals surface area (Å²) in [5.74, 6) is 0. The molecule has 2 rings (SSSR count). The topological polar surface area (TPSA) is 46.2 Å². The first-order chi connectivity index (χ1) is 9.57. The Morgan fingerprint density at radius 2 is 1.90 bits per heavy atom. The van der Waals surface area contributed by atoms with E-state index in [1.165, 1.54) is 0 Å². The van der Waals surface area contributed by atoms with Crippen molar-refractivity contribution in [1.82, 2.24) is 5.32 Å². The molecule has 2 unspecified atom stereocenters. The van der Waals surface area contributed by atoms with Crippen LogP contribution >= 0.6 is 15.9 Å². The van der Waals surface area contributed by atoms with Gasteiger partial charge in [-0.05, 0) is 47.4 Å². The second-order valence-electron chi connectivity index (χ2n) is 5.32. The molecule has 0 spiro atoms. The van der Waals surface area contributed by atoms with Gasteiger partial charge in [0.1, 0.15) is 0 Å². The van der Waals surface area contributed by atoms with Crippen LogP contribution in [0.15, 0.2) is 33.6 Å². The maximum atomic E-state index is 13.0. The molecule has 20 heavy (non-hydrogen) atoms. The number of nitrogens with one attached hydrogen (secondary N) is 1. The quantitative estimate of drug-likeness (QED) is 0.836. The molecule has 1 saturated carbocycles. The minimum atomic E-state index is -3.30. The van der Waals surface area contributed by atoms with E-state index < -0.39 is 9.84 Å². The van der Waals surface area contributed by atoms with E-state index in [9.17, 15) is 8.42 Å². The Labute approximate surface area is 130 Å². The molecule has 1 aliphatic carbocycles. The molecular weight excluding hydrogens is 338 g/mol. The molecule has 5 heteroatoms. The van der Waals surface area contributed by atoms with Crippen molar-refractivity contribution < 1.29 is 8.42 Å². The Morgan fingerprint density at radius 3 is 2.60 bits per heavy atom. The molecule has 1 aromatic rings. The van der Waals surface area contributed by atoms with Crippen LogP contribution in [0, 0.1) is 0 Å². The van der Waals surface area contributed by atoms with Crippen molar-refractivity contribution in [3.05, 3.63) is 28.7 Å². The smallest absolute Gasteiger partial charge is 0.183 e. The fourth-order valence-corrected chi connectivity index (χ4v) is 6.02. The fraction of sp³-hybridized carbons (Fsp3) is 0.600. The zero-order chi connectivity index (χ0) is 14.6. The molecule has 0 bridgehead atoms. The number of hydrogen-bond acceptors (Lipinski definition) is 3. The predicted octanol–water partition coefficient (Wildman–Crippen LogP) is 3.53. The van der Waals surface area contributed by atoms with Gasteiger partial charge in [-0.25, -0.2) is 8.42 Å². The molecule has 1 aromatic carbocycles. The van der Waals surface area contributed by atoms with Gasteiger partial charge in [-0.2, -0.15) is 0 Å². The van der Waals surface area contributed by atoms with Crippen molar-refractivity contribution in [1.29, 1.82) is 0 Å². The molecule has 0 aliphatic heterocycles. The minimum absolute atomic E-state index is 0.0691. The summed E-state index contributed by atoms with van der Waals surface area (Å²) in [6, 6.07) is 7.20. The molecule has 3 nitrogen and oxygen atoms in total. The first kappa shape index (κ1) is 16.0. The van der Waals surface area contributed by atoms with Crippen LogP contribution in [-0.2, 0) is 9.84 Å². The summed E-state index contributed by atoms with van der Waals surface area (Å²) in [7, 11) is -3.30. The summed E-state index contributed by atoms with van der Waals surface area (Å²) in [4.78, 5) is 0.426. The van der Waals surface area contributed by atoms with Crippen LogP contribution in [0.25, 0.3) is 0 Å². The molecule has 1 N–H and O–H groups in total. The summed E-state index contributed by atoms with van der Waals surface area (Å²) < 4.78 is 26.6. The van der Waals surface area contributed by atoms with Crippen LogP contribution in [0.1, 0.15) is 39.0 Å². The zero-order valence-corrected chi connectivity index (χ0v) is 14.2. The van der Waals surface area contributed by atoms with Crippen molar-refractivity contribution in [2.75, 3.05) is 6.54 Å². The first-order valence-corrected chi connectivity index (χ1v) is 9.63. The van der Waals surface area contributed by atoms with Gasteiger partial charge in [0.15, 0.2) is 9.84 Å². The van der Waals surface area contributed by atoms with Gasteiger partial charge in [0.25, 0.3) is 0 Å². The molecular formula is C15H22BrNO2S. The lowest BCUT2D eigenvalue weighted by molar-refractivity contribution is 0.460. The third kappa shape index (κ3) is 3.43. The zero-order valence-electron chi connectivity index (χ0n) is 11.8. The second kappa shape index (κ2) is 7.05. The van der Waals surface area contributed by atoms with E-state index in [-0.39, 0.29) is 11.3 Å². The fourth-order valence-electron chi connectivity index (χ4n) is 2.98. The van der Waals surface area contributed by atoms with Gasteiger partial charge in [-0.3, -0.25) is 0 Å². The van der Waals surface area contributed by atoms with Gasteiger partial charge < -0.3 is 5.32 Å². The van der Waals surface area contributed by atoms with Gasteiger partial charge in [0, 0.05) is 10.5 Å². The first-order valence-electron chi connectivity index (χ1n) is 7.29. The molecule has 1 aliphatic rings. The van der Waals surface area contributed by atoms with Crippen molar-refractivity contribution >= 4 is 25.8 Å². The average Bonchev–Trinajstić information content (AvgIpc) is 2.65. The molecule has 0 heterocycles. The van der Waals surface area contributed by atoms with E-state index in [0.29, 0.717) is 9.37 Å². The SMILES string of the molecule is CCNC1CCCCCC1S(=O)(=O)c1ccccc1Br. The maximum Gasteiger partial charge on any atom is 0.183 e.